The molecule has 0 saturated carbocycles. The number of nitrogens with zero attached hydrogens (tertiary/aromatic N) is 1. The van der Waals surface area contributed by atoms with Crippen molar-refractivity contribution in [1.29, 1.82) is 0 Å². The topological polar surface area (TPSA) is 87.7 Å². The Morgan fingerprint density at radius 2 is 2.07 bits per heavy atom. The molecule has 1 fully saturated rings. The van der Waals surface area contributed by atoms with Gasteiger partial charge in [0.25, 0.3) is 0 Å². The molecule has 2 unspecified atom stereocenters. The second kappa shape index (κ2) is 7.06. The number of halogens is 1. The van der Waals surface area contributed by atoms with E-state index in [0.29, 0.717) is 18.7 Å². The molecule has 2 N–H and O–H groups in total. The molecule has 28 heavy (non-hydrogen) atoms. The lowest BCUT2D eigenvalue weighted by molar-refractivity contribution is -0.117. The monoisotopic (exact) mass is 405 g/mol. The number of carbonyl (C=O) groups is 1. The number of fused-ring (bicyclic) bond motifs is 3. The number of anilines is 2. The lowest BCUT2D eigenvalue weighted by atomic mass is 10.1. The van der Waals surface area contributed by atoms with E-state index in [1.807, 2.05) is 29.2 Å². The highest BCUT2D eigenvalue weighted by Gasteiger charge is 2.42. The Kier molecular flexibility index (Phi) is 4.72. The molecule has 2 aromatic carbocycles. The Hall–Kier alpha value is -2.65. The Morgan fingerprint density at radius 3 is 2.82 bits per heavy atom. The van der Waals surface area contributed by atoms with Crippen molar-refractivity contribution >= 4 is 27.3 Å². The predicted molar refractivity (Wildman–Crippen MR) is 103 cm³/mol. The van der Waals surface area contributed by atoms with Crippen molar-refractivity contribution in [1.82, 2.24) is 4.72 Å². The third kappa shape index (κ3) is 3.31. The van der Waals surface area contributed by atoms with E-state index in [9.17, 15) is 17.6 Å². The van der Waals surface area contributed by atoms with Crippen molar-refractivity contribution in [2.45, 2.75) is 30.3 Å². The fourth-order valence-corrected chi connectivity index (χ4v) is 4.94. The van der Waals surface area contributed by atoms with Gasteiger partial charge in [-0.05, 0) is 43.7 Å². The van der Waals surface area contributed by atoms with E-state index in [4.69, 9.17) is 4.74 Å². The molecule has 148 valence electrons. The van der Waals surface area contributed by atoms with Crippen molar-refractivity contribution in [2.75, 3.05) is 23.4 Å². The summed E-state index contributed by atoms with van der Waals surface area (Å²) in [5.74, 6) is -0.887. The van der Waals surface area contributed by atoms with Crippen LogP contribution in [0.4, 0.5) is 15.8 Å². The molecule has 0 aromatic heterocycles. The van der Waals surface area contributed by atoms with Gasteiger partial charge in [0.1, 0.15) is 6.04 Å². The molecule has 2 aliphatic heterocycles. The Morgan fingerprint density at radius 1 is 1.29 bits per heavy atom. The summed E-state index contributed by atoms with van der Waals surface area (Å²) in [5.41, 5.74) is 1.57. The van der Waals surface area contributed by atoms with Gasteiger partial charge in [0.05, 0.1) is 22.9 Å². The molecule has 2 heterocycles. The number of hydrogen-bond donors (Lipinski definition) is 2. The van der Waals surface area contributed by atoms with Gasteiger partial charge in [0, 0.05) is 12.6 Å². The summed E-state index contributed by atoms with van der Waals surface area (Å²) >= 11 is 0. The second-order valence-electron chi connectivity index (χ2n) is 6.75. The first-order chi connectivity index (χ1) is 13.4. The molecular formula is C19H20FN3O4S. The van der Waals surface area contributed by atoms with Gasteiger partial charge in [-0.1, -0.05) is 12.1 Å². The van der Waals surface area contributed by atoms with Crippen molar-refractivity contribution in [3.8, 4) is 5.75 Å². The van der Waals surface area contributed by atoms with Gasteiger partial charge in [-0.25, -0.2) is 17.5 Å². The number of nitrogens with one attached hydrogen (secondary N) is 2. The lowest BCUT2D eigenvalue weighted by Crippen LogP contribution is -2.44. The van der Waals surface area contributed by atoms with Crippen LogP contribution in [0.25, 0.3) is 0 Å². The van der Waals surface area contributed by atoms with Crippen molar-refractivity contribution in [3.63, 3.8) is 0 Å². The molecule has 0 aliphatic carbocycles. The molecule has 0 spiro atoms. The number of ether oxygens (including phenoxy) is 1. The van der Waals surface area contributed by atoms with Gasteiger partial charge in [-0.15, -0.1) is 0 Å². The van der Waals surface area contributed by atoms with E-state index in [1.165, 1.54) is 12.1 Å². The zero-order chi connectivity index (χ0) is 19.9. The first kappa shape index (κ1) is 18.7. The molecule has 2 aliphatic rings. The predicted octanol–water partition coefficient (Wildman–Crippen LogP) is 2.10. The first-order valence-corrected chi connectivity index (χ1v) is 10.5. The molecule has 2 aromatic rings. The van der Waals surface area contributed by atoms with Crippen LogP contribution in [0.15, 0.2) is 47.4 Å². The van der Waals surface area contributed by atoms with Crippen LogP contribution in [0.1, 0.15) is 13.3 Å². The van der Waals surface area contributed by atoms with E-state index >= 15 is 0 Å². The highest BCUT2D eigenvalue weighted by atomic mass is 32.2. The minimum Gasteiger partial charge on any atom is -0.491 e. The van der Waals surface area contributed by atoms with Crippen LogP contribution in [-0.4, -0.2) is 39.6 Å². The summed E-state index contributed by atoms with van der Waals surface area (Å²) in [5, 5.41) is 2.85. The first-order valence-electron chi connectivity index (χ1n) is 9.00. The zero-order valence-corrected chi connectivity index (χ0v) is 16.0. The van der Waals surface area contributed by atoms with Crippen molar-refractivity contribution < 1.29 is 22.3 Å². The van der Waals surface area contributed by atoms with E-state index in [0.717, 1.165) is 11.8 Å². The van der Waals surface area contributed by atoms with Crippen molar-refractivity contribution in [2.24, 2.45) is 0 Å². The maximum absolute atomic E-state index is 14.1. The Balaban J connectivity index is 1.54. The summed E-state index contributed by atoms with van der Waals surface area (Å²) in [4.78, 5) is 14.1. The lowest BCUT2D eigenvalue weighted by Gasteiger charge is -2.32. The molecule has 0 radical (unpaired) electrons. The highest BCUT2D eigenvalue weighted by molar-refractivity contribution is 7.89. The third-order valence-electron chi connectivity index (χ3n) is 4.91. The number of hydrogen-bond acceptors (Lipinski definition) is 5. The van der Waals surface area contributed by atoms with Crippen LogP contribution in [0, 0.1) is 5.82 Å². The number of para-hydroxylation sites is 2. The summed E-state index contributed by atoms with van der Waals surface area (Å²) < 4.78 is 47.2. The highest BCUT2D eigenvalue weighted by Crippen LogP contribution is 2.36. The van der Waals surface area contributed by atoms with Crippen LogP contribution < -0.4 is 19.7 Å². The van der Waals surface area contributed by atoms with Gasteiger partial charge in [0.2, 0.25) is 15.9 Å². The zero-order valence-electron chi connectivity index (χ0n) is 15.2. The van der Waals surface area contributed by atoms with E-state index in [-0.39, 0.29) is 23.2 Å². The maximum Gasteiger partial charge on any atom is 0.247 e. The van der Waals surface area contributed by atoms with Gasteiger partial charge in [0.15, 0.2) is 11.6 Å². The van der Waals surface area contributed by atoms with Crippen LogP contribution in [-0.2, 0) is 14.8 Å². The molecule has 1 saturated heterocycles. The summed E-state index contributed by atoms with van der Waals surface area (Å²) in [6, 6.07) is 10.0. The number of amides is 1. The molecule has 9 heteroatoms. The number of sulfonamides is 1. The molecule has 1 amide bonds. The summed E-state index contributed by atoms with van der Waals surface area (Å²) in [7, 11) is -3.94. The second-order valence-corrected chi connectivity index (χ2v) is 8.47. The Labute approximate surface area is 162 Å². The van der Waals surface area contributed by atoms with E-state index in [2.05, 4.69) is 10.0 Å². The molecular weight excluding hydrogens is 385 g/mol. The Bertz CT molecular complexity index is 1030. The minimum absolute atomic E-state index is 0.00715. The fourth-order valence-electron chi connectivity index (χ4n) is 3.69. The molecule has 0 bridgehead atoms. The fraction of sp³-hybridized carbons (Fsp3) is 0.316. The van der Waals surface area contributed by atoms with Crippen molar-refractivity contribution in [3.05, 3.63) is 48.3 Å². The molecule has 7 nitrogen and oxygen atoms in total. The quantitative estimate of drug-likeness (QED) is 0.796. The van der Waals surface area contributed by atoms with Gasteiger partial charge < -0.3 is 15.0 Å². The van der Waals surface area contributed by atoms with Crippen LogP contribution in [0.5, 0.6) is 5.75 Å². The normalized spacial score (nSPS) is 21.1. The smallest absolute Gasteiger partial charge is 0.247 e. The summed E-state index contributed by atoms with van der Waals surface area (Å²) in [6.07, 6.45) is 0.332. The van der Waals surface area contributed by atoms with Crippen LogP contribution in [0.2, 0.25) is 0 Å². The van der Waals surface area contributed by atoms with E-state index in [1.54, 1.807) is 6.92 Å². The summed E-state index contributed by atoms with van der Waals surface area (Å²) in [6.45, 7) is 2.35. The maximum atomic E-state index is 14.1. The van der Waals surface area contributed by atoms with Gasteiger partial charge in [-0.3, -0.25) is 4.79 Å². The number of carbonyl (C=O) groups excluding carboxylic acids is 1. The van der Waals surface area contributed by atoms with E-state index < -0.39 is 27.9 Å². The number of benzene rings is 2. The largest absolute Gasteiger partial charge is 0.491 e. The third-order valence-corrected chi connectivity index (χ3v) is 6.43. The SMILES string of the molecule is CCOc1ccc(S(=O)(=O)NC2CC3C(=O)Nc4ccccc4N3C2)cc1F. The average Bonchev–Trinajstić information content (AvgIpc) is 3.07. The van der Waals surface area contributed by atoms with Crippen LogP contribution in [0.3, 0.4) is 0 Å². The van der Waals surface area contributed by atoms with Crippen LogP contribution >= 0.6 is 0 Å². The standard InChI is InChI=1S/C19H20FN3O4S/c1-2-27-18-8-7-13(10-14(18)20)28(25,26)22-12-9-17-19(24)21-15-5-3-4-6-16(15)23(17)11-12/h3-8,10,12,17,22H,2,9,11H2,1H3,(H,21,24). The molecule has 2 atom stereocenters. The van der Waals surface area contributed by atoms with Gasteiger partial charge >= 0.3 is 0 Å². The van der Waals surface area contributed by atoms with Gasteiger partial charge in [-0.2, -0.15) is 0 Å². The number of rotatable bonds is 5. The average molecular weight is 405 g/mol. The minimum atomic E-state index is -3.94. The molecule has 4 rings (SSSR count).